The Kier molecular flexibility index (Phi) is 7.51. The number of hydrogen-bond acceptors (Lipinski definition) is 3. The zero-order valence-corrected chi connectivity index (χ0v) is 35.4. The van der Waals surface area contributed by atoms with Crippen molar-refractivity contribution >= 4 is 70.5 Å². The van der Waals surface area contributed by atoms with Gasteiger partial charge in [-0.3, -0.25) is 0 Å². The molecule has 64 heavy (non-hydrogen) atoms. The molecule has 3 heteroatoms. The van der Waals surface area contributed by atoms with E-state index in [0.29, 0.717) is 0 Å². The van der Waals surface area contributed by atoms with Gasteiger partial charge in [-0.15, -0.1) is 11.3 Å². The van der Waals surface area contributed by atoms with Crippen molar-refractivity contribution < 1.29 is 4.42 Å². The van der Waals surface area contributed by atoms with Crippen molar-refractivity contribution in [2.45, 2.75) is 5.41 Å². The van der Waals surface area contributed by atoms with Crippen LogP contribution in [0.3, 0.4) is 0 Å². The molecular weight excluding hydrogens is 795 g/mol. The molecule has 12 aromatic rings. The third-order valence-corrected chi connectivity index (χ3v) is 15.1. The number of furan rings is 1. The van der Waals surface area contributed by atoms with Crippen molar-refractivity contribution in [3.05, 3.63) is 247 Å². The summed E-state index contributed by atoms with van der Waals surface area (Å²) in [6.07, 6.45) is 0. The van der Waals surface area contributed by atoms with Gasteiger partial charge in [0.1, 0.15) is 11.2 Å². The fourth-order valence-electron chi connectivity index (χ4n) is 11.2. The quantitative estimate of drug-likeness (QED) is 0.176. The largest absolute Gasteiger partial charge is 0.456 e. The van der Waals surface area contributed by atoms with Gasteiger partial charge in [0.25, 0.3) is 0 Å². The van der Waals surface area contributed by atoms with Gasteiger partial charge in [0.15, 0.2) is 0 Å². The van der Waals surface area contributed by atoms with Crippen LogP contribution in [0.4, 0.5) is 17.1 Å². The van der Waals surface area contributed by atoms with Crippen LogP contribution in [0, 0.1) is 0 Å². The Balaban J connectivity index is 1.08. The second-order valence-corrected chi connectivity index (χ2v) is 18.2. The molecule has 1 spiro atoms. The summed E-state index contributed by atoms with van der Waals surface area (Å²) in [5.74, 6) is 0. The van der Waals surface area contributed by atoms with Crippen LogP contribution in [-0.2, 0) is 5.41 Å². The highest BCUT2D eigenvalue weighted by molar-refractivity contribution is 7.26. The lowest BCUT2D eigenvalue weighted by atomic mass is 9.65. The third kappa shape index (κ3) is 4.90. The fraction of sp³-hybridized carbons (Fsp3) is 0.0164. The molecule has 0 bridgehead atoms. The first kappa shape index (κ1) is 35.6. The molecule has 2 nitrogen and oxygen atoms in total. The summed E-state index contributed by atoms with van der Waals surface area (Å²) < 4.78 is 9.22. The number of hydrogen-bond donors (Lipinski definition) is 0. The molecule has 10 aromatic carbocycles. The predicted molar refractivity (Wildman–Crippen MR) is 268 cm³/mol. The number of anilines is 3. The lowest BCUT2D eigenvalue weighted by Crippen LogP contribution is -2.29. The average Bonchev–Trinajstić information content (AvgIpc) is 4.00. The molecule has 0 saturated carbocycles. The maximum absolute atomic E-state index is 6.56. The standard InChI is InChI=1S/C61H37NOS/c1-2-14-38(15-3-1)39-26-28-40(29-27-39)62(42-31-33-48-47-19-8-12-24-56(47)63-57(48)37-42)41-30-32-46-44-17-5-4-16-43(44)45-18-6-10-22-52(45)61(55(46)36-41)53-23-11-7-21-51(53)59-54(61)35-34-50-49-20-9-13-25-58(49)64-60(50)59/h1-37H. The predicted octanol–water partition coefficient (Wildman–Crippen LogP) is 17.1. The molecule has 14 rings (SSSR count). The zero-order valence-electron chi connectivity index (χ0n) is 34.6. The van der Waals surface area contributed by atoms with E-state index in [0.717, 1.165) is 39.0 Å². The van der Waals surface area contributed by atoms with Crippen LogP contribution in [0.5, 0.6) is 0 Å². The molecule has 0 fully saturated rings. The molecule has 0 radical (unpaired) electrons. The van der Waals surface area contributed by atoms with Crippen LogP contribution >= 0.6 is 11.3 Å². The van der Waals surface area contributed by atoms with E-state index in [2.05, 4.69) is 223 Å². The summed E-state index contributed by atoms with van der Waals surface area (Å²) in [5, 5.41) is 4.87. The smallest absolute Gasteiger partial charge is 0.137 e. The Morgan fingerprint density at radius 3 is 1.72 bits per heavy atom. The third-order valence-electron chi connectivity index (χ3n) is 13.9. The molecule has 0 amide bonds. The normalized spacial score (nSPS) is 14.6. The van der Waals surface area contributed by atoms with Gasteiger partial charge in [-0.1, -0.05) is 170 Å². The molecule has 1 unspecified atom stereocenters. The summed E-state index contributed by atoms with van der Waals surface area (Å²) in [4.78, 5) is 2.41. The highest BCUT2D eigenvalue weighted by Gasteiger charge is 2.50. The molecule has 2 heterocycles. The van der Waals surface area contributed by atoms with Gasteiger partial charge in [-0.2, -0.15) is 0 Å². The SMILES string of the molecule is c1ccc(-c2ccc(N(c3ccc4c(c3)C3(c5ccccc5-c5ccccc5-4)c4ccccc4-c4c3ccc3c4sc4ccccc43)c3ccc4c(c3)oc3ccccc34)cc2)cc1. The van der Waals surface area contributed by atoms with Crippen molar-refractivity contribution in [1.29, 1.82) is 0 Å². The molecule has 2 aliphatic rings. The Hall–Kier alpha value is -7.98. The van der Waals surface area contributed by atoms with Crippen molar-refractivity contribution in [2.75, 3.05) is 4.90 Å². The number of fused-ring (bicyclic) bond motifs is 19. The molecular formula is C61H37NOS. The number of nitrogens with zero attached hydrogens (tertiary/aromatic N) is 1. The van der Waals surface area contributed by atoms with E-state index in [1.807, 2.05) is 17.4 Å². The van der Waals surface area contributed by atoms with E-state index >= 15 is 0 Å². The van der Waals surface area contributed by atoms with Crippen LogP contribution < -0.4 is 4.90 Å². The van der Waals surface area contributed by atoms with Gasteiger partial charge in [0.2, 0.25) is 0 Å². The Bertz CT molecular complexity index is 3860. The van der Waals surface area contributed by atoms with Gasteiger partial charge < -0.3 is 9.32 Å². The molecule has 0 aliphatic heterocycles. The van der Waals surface area contributed by atoms with Crippen LogP contribution in [0.2, 0.25) is 0 Å². The summed E-state index contributed by atoms with van der Waals surface area (Å²) in [5.41, 5.74) is 19.5. The van der Waals surface area contributed by atoms with Crippen LogP contribution in [0.15, 0.2) is 229 Å². The highest BCUT2D eigenvalue weighted by atomic mass is 32.1. The number of benzene rings is 10. The maximum atomic E-state index is 6.56. The van der Waals surface area contributed by atoms with Crippen molar-refractivity contribution in [3.8, 4) is 44.5 Å². The van der Waals surface area contributed by atoms with Gasteiger partial charge in [-0.25, -0.2) is 0 Å². The zero-order chi connectivity index (χ0) is 41.9. The van der Waals surface area contributed by atoms with E-state index < -0.39 is 5.41 Å². The molecule has 2 aromatic heterocycles. The first-order valence-electron chi connectivity index (χ1n) is 22.0. The summed E-state index contributed by atoms with van der Waals surface area (Å²) in [6, 6.07) is 83.0. The molecule has 2 aliphatic carbocycles. The second-order valence-electron chi connectivity index (χ2n) is 17.1. The van der Waals surface area contributed by atoms with E-state index in [4.69, 9.17) is 4.42 Å². The van der Waals surface area contributed by atoms with Crippen LogP contribution in [0.1, 0.15) is 22.3 Å². The minimum Gasteiger partial charge on any atom is -0.456 e. The Morgan fingerprint density at radius 2 is 0.906 bits per heavy atom. The minimum atomic E-state index is -0.636. The molecule has 0 saturated heterocycles. The second kappa shape index (κ2) is 13.5. The van der Waals surface area contributed by atoms with E-state index in [-0.39, 0.29) is 0 Å². The highest BCUT2D eigenvalue weighted by Crippen LogP contribution is 2.64. The first-order valence-corrected chi connectivity index (χ1v) is 22.8. The van der Waals surface area contributed by atoms with E-state index in [1.54, 1.807) is 0 Å². The number of para-hydroxylation sites is 1. The number of thiophene rings is 1. The maximum Gasteiger partial charge on any atom is 0.137 e. The Morgan fingerprint density at radius 1 is 0.344 bits per heavy atom. The summed E-state index contributed by atoms with van der Waals surface area (Å²) in [6.45, 7) is 0. The van der Waals surface area contributed by atoms with Crippen molar-refractivity contribution in [1.82, 2.24) is 0 Å². The summed E-state index contributed by atoms with van der Waals surface area (Å²) >= 11 is 1.92. The monoisotopic (exact) mass is 831 g/mol. The van der Waals surface area contributed by atoms with Gasteiger partial charge in [0.05, 0.1) is 5.41 Å². The molecule has 1 atom stereocenters. The van der Waals surface area contributed by atoms with E-state index in [9.17, 15) is 0 Å². The lowest BCUT2D eigenvalue weighted by molar-refractivity contribution is 0.669. The minimum absolute atomic E-state index is 0.636. The van der Waals surface area contributed by atoms with E-state index in [1.165, 1.54) is 86.9 Å². The van der Waals surface area contributed by atoms with Gasteiger partial charge >= 0.3 is 0 Å². The van der Waals surface area contributed by atoms with Gasteiger partial charge in [0, 0.05) is 59.6 Å². The average molecular weight is 832 g/mol. The lowest BCUT2D eigenvalue weighted by Gasteiger charge is -2.36. The van der Waals surface area contributed by atoms with Gasteiger partial charge in [-0.05, 0) is 110 Å². The van der Waals surface area contributed by atoms with Crippen molar-refractivity contribution in [2.24, 2.45) is 0 Å². The Labute approximate surface area is 374 Å². The van der Waals surface area contributed by atoms with Crippen LogP contribution in [-0.4, -0.2) is 0 Å². The van der Waals surface area contributed by atoms with Crippen molar-refractivity contribution in [3.63, 3.8) is 0 Å². The topological polar surface area (TPSA) is 16.4 Å². The number of rotatable bonds is 4. The first-order chi connectivity index (χ1) is 31.7. The molecule has 0 N–H and O–H groups in total. The molecule has 298 valence electrons. The van der Waals surface area contributed by atoms with Crippen LogP contribution in [0.25, 0.3) is 86.6 Å². The summed E-state index contributed by atoms with van der Waals surface area (Å²) in [7, 11) is 0. The fourth-order valence-corrected chi connectivity index (χ4v) is 12.5.